The minimum absolute atomic E-state index is 0.0901. The molecule has 4 rings (SSSR count). The van der Waals surface area contributed by atoms with E-state index in [0.717, 1.165) is 5.56 Å². The number of hydrogen-bond donors (Lipinski definition) is 0. The molecule has 0 saturated carbocycles. The minimum Gasteiger partial charge on any atom is -0.495 e. The third kappa shape index (κ3) is 3.37. The van der Waals surface area contributed by atoms with Gasteiger partial charge >= 0.3 is 0 Å². The largest absolute Gasteiger partial charge is 0.495 e. The second-order valence-corrected chi connectivity index (χ2v) is 8.19. The highest BCUT2D eigenvalue weighted by atomic mass is 16.5. The standard InChI is InChI=1S/C24H24O5/c1-14-12-18(25)19-20(26-5)17-10-11-27-21(17)23(22(19)29-14)28-13-15-6-8-16(9-7-15)24(2,3)4/h6-12H,13H2,1-5H3. The van der Waals surface area contributed by atoms with Gasteiger partial charge in [0.25, 0.3) is 0 Å². The number of ether oxygens (including phenoxy) is 2. The van der Waals surface area contributed by atoms with Gasteiger partial charge in [-0.25, -0.2) is 0 Å². The number of fused-ring (bicyclic) bond motifs is 2. The fraction of sp³-hybridized carbons (Fsp3) is 0.292. The lowest BCUT2D eigenvalue weighted by molar-refractivity contribution is 0.303. The first kappa shape index (κ1) is 19.1. The van der Waals surface area contributed by atoms with E-state index in [1.54, 1.807) is 19.3 Å². The SMILES string of the molecule is COc1c2ccoc2c(OCc2ccc(C(C)(C)C)cc2)c2oc(C)cc(=O)c12. The molecule has 0 aliphatic rings. The van der Waals surface area contributed by atoms with E-state index in [9.17, 15) is 4.79 Å². The molecular weight excluding hydrogens is 368 g/mol. The Morgan fingerprint density at radius 1 is 1.00 bits per heavy atom. The maximum Gasteiger partial charge on any atom is 0.206 e. The van der Waals surface area contributed by atoms with E-state index >= 15 is 0 Å². The van der Waals surface area contributed by atoms with E-state index in [0.29, 0.717) is 45.8 Å². The molecule has 0 saturated heterocycles. The van der Waals surface area contributed by atoms with Crippen LogP contribution in [0.1, 0.15) is 37.7 Å². The summed E-state index contributed by atoms with van der Waals surface area (Å²) in [7, 11) is 1.53. The summed E-state index contributed by atoms with van der Waals surface area (Å²) in [4.78, 5) is 12.7. The van der Waals surface area contributed by atoms with Crippen LogP contribution in [0.2, 0.25) is 0 Å². The summed E-state index contributed by atoms with van der Waals surface area (Å²) in [6.07, 6.45) is 1.55. The Balaban J connectivity index is 1.81. The van der Waals surface area contributed by atoms with Crippen molar-refractivity contribution in [1.29, 1.82) is 0 Å². The summed E-state index contributed by atoms with van der Waals surface area (Å²) in [5.74, 6) is 1.33. The summed E-state index contributed by atoms with van der Waals surface area (Å²) >= 11 is 0. The van der Waals surface area contributed by atoms with Crippen LogP contribution in [0.15, 0.2) is 56.3 Å². The smallest absolute Gasteiger partial charge is 0.206 e. The van der Waals surface area contributed by atoms with Crippen LogP contribution >= 0.6 is 0 Å². The van der Waals surface area contributed by atoms with E-state index in [2.05, 4.69) is 32.9 Å². The van der Waals surface area contributed by atoms with E-state index in [1.807, 2.05) is 12.1 Å². The van der Waals surface area contributed by atoms with Crippen molar-refractivity contribution < 1.29 is 18.3 Å². The number of hydrogen-bond acceptors (Lipinski definition) is 5. The predicted molar refractivity (Wildman–Crippen MR) is 113 cm³/mol. The molecule has 0 unspecified atom stereocenters. The predicted octanol–water partition coefficient (Wildman–Crippen LogP) is 5.73. The average Bonchev–Trinajstić information content (AvgIpc) is 3.14. The van der Waals surface area contributed by atoms with Gasteiger partial charge < -0.3 is 18.3 Å². The second kappa shape index (κ2) is 6.99. The van der Waals surface area contributed by atoms with Gasteiger partial charge in [0.15, 0.2) is 16.6 Å². The number of rotatable bonds is 4. The molecule has 29 heavy (non-hydrogen) atoms. The fourth-order valence-electron chi connectivity index (χ4n) is 3.49. The summed E-state index contributed by atoms with van der Waals surface area (Å²) in [5, 5.41) is 1.03. The van der Waals surface area contributed by atoms with Gasteiger partial charge in [0, 0.05) is 6.07 Å². The molecule has 150 valence electrons. The molecule has 0 radical (unpaired) electrons. The third-order valence-corrected chi connectivity index (χ3v) is 5.03. The summed E-state index contributed by atoms with van der Waals surface area (Å²) in [6.45, 7) is 8.59. The van der Waals surface area contributed by atoms with Crippen LogP contribution in [0.4, 0.5) is 0 Å². The lowest BCUT2D eigenvalue weighted by Gasteiger charge is -2.19. The van der Waals surface area contributed by atoms with Crippen molar-refractivity contribution in [2.45, 2.75) is 39.7 Å². The maximum absolute atomic E-state index is 12.7. The summed E-state index contributed by atoms with van der Waals surface area (Å²) in [6, 6.07) is 11.5. The molecule has 5 heteroatoms. The molecule has 0 atom stereocenters. The third-order valence-electron chi connectivity index (χ3n) is 5.03. The Morgan fingerprint density at radius 3 is 2.38 bits per heavy atom. The summed E-state index contributed by atoms with van der Waals surface area (Å²) in [5.41, 5.74) is 3.01. The zero-order chi connectivity index (χ0) is 20.8. The van der Waals surface area contributed by atoms with Gasteiger partial charge in [0.1, 0.15) is 23.5 Å². The van der Waals surface area contributed by atoms with Gasteiger partial charge in [-0.2, -0.15) is 0 Å². The molecule has 2 heterocycles. The number of benzene rings is 2. The zero-order valence-corrected chi connectivity index (χ0v) is 17.3. The Morgan fingerprint density at radius 2 is 1.72 bits per heavy atom. The first-order chi connectivity index (χ1) is 13.8. The van der Waals surface area contributed by atoms with E-state index in [-0.39, 0.29) is 10.8 Å². The van der Waals surface area contributed by atoms with Crippen LogP contribution in [0.3, 0.4) is 0 Å². The van der Waals surface area contributed by atoms with Crippen molar-refractivity contribution in [3.8, 4) is 11.5 Å². The number of furan rings is 1. The number of methoxy groups -OCH3 is 1. The Hall–Kier alpha value is -3.21. The van der Waals surface area contributed by atoms with E-state index in [1.165, 1.54) is 18.7 Å². The number of aryl methyl sites for hydroxylation is 1. The topological polar surface area (TPSA) is 61.8 Å². The molecule has 2 aromatic heterocycles. The van der Waals surface area contributed by atoms with Crippen LogP contribution in [0, 0.1) is 6.92 Å². The first-order valence-corrected chi connectivity index (χ1v) is 9.53. The van der Waals surface area contributed by atoms with Crippen LogP contribution in [0.25, 0.3) is 21.9 Å². The van der Waals surface area contributed by atoms with Crippen LogP contribution in [-0.2, 0) is 12.0 Å². The molecule has 2 aromatic carbocycles. The van der Waals surface area contributed by atoms with Gasteiger partial charge in [0.05, 0.1) is 18.8 Å². The van der Waals surface area contributed by atoms with Crippen molar-refractivity contribution >= 4 is 21.9 Å². The van der Waals surface area contributed by atoms with Gasteiger partial charge in [0.2, 0.25) is 5.75 Å². The first-order valence-electron chi connectivity index (χ1n) is 9.53. The highest BCUT2D eigenvalue weighted by molar-refractivity contribution is 6.06. The molecule has 4 aromatic rings. The van der Waals surface area contributed by atoms with Gasteiger partial charge in [-0.3, -0.25) is 4.79 Å². The quantitative estimate of drug-likeness (QED) is 0.444. The molecule has 0 bridgehead atoms. The van der Waals surface area contributed by atoms with Crippen molar-refractivity contribution in [2.75, 3.05) is 7.11 Å². The zero-order valence-electron chi connectivity index (χ0n) is 17.3. The summed E-state index contributed by atoms with van der Waals surface area (Å²) < 4.78 is 23.2. The highest BCUT2D eigenvalue weighted by Crippen LogP contribution is 2.42. The molecular formula is C24H24O5. The van der Waals surface area contributed by atoms with Crippen molar-refractivity contribution in [3.05, 3.63) is 69.8 Å². The molecule has 0 spiro atoms. The van der Waals surface area contributed by atoms with Crippen LogP contribution < -0.4 is 14.9 Å². The lowest BCUT2D eigenvalue weighted by atomic mass is 9.87. The van der Waals surface area contributed by atoms with E-state index in [4.69, 9.17) is 18.3 Å². The van der Waals surface area contributed by atoms with E-state index < -0.39 is 0 Å². The molecule has 0 N–H and O–H groups in total. The molecule has 0 amide bonds. The van der Waals surface area contributed by atoms with Gasteiger partial charge in [-0.1, -0.05) is 45.0 Å². The van der Waals surface area contributed by atoms with Crippen LogP contribution in [0.5, 0.6) is 11.5 Å². The monoisotopic (exact) mass is 392 g/mol. The van der Waals surface area contributed by atoms with Crippen molar-refractivity contribution in [3.63, 3.8) is 0 Å². The van der Waals surface area contributed by atoms with Crippen LogP contribution in [-0.4, -0.2) is 7.11 Å². The average molecular weight is 392 g/mol. The molecule has 5 nitrogen and oxygen atoms in total. The molecule has 0 aliphatic carbocycles. The Kier molecular flexibility index (Phi) is 4.61. The second-order valence-electron chi connectivity index (χ2n) is 8.19. The Labute approximate surface area is 168 Å². The van der Waals surface area contributed by atoms with Gasteiger partial charge in [-0.05, 0) is 29.5 Å². The molecule has 0 fully saturated rings. The van der Waals surface area contributed by atoms with Crippen molar-refractivity contribution in [1.82, 2.24) is 0 Å². The fourth-order valence-corrected chi connectivity index (χ4v) is 3.49. The van der Waals surface area contributed by atoms with Crippen molar-refractivity contribution in [2.24, 2.45) is 0 Å². The molecule has 0 aliphatic heterocycles. The highest BCUT2D eigenvalue weighted by Gasteiger charge is 2.23. The van der Waals surface area contributed by atoms with Gasteiger partial charge in [-0.15, -0.1) is 0 Å². The normalized spacial score (nSPS) is 11.9. The maximum atomic E-state index is 12.7. The minimum atomic E-state index is -0.178. The lowest BCUT2D eigenvalue weighted by Crippen LogP contribution is -2.11. The Bertz CT molecular complexity index is 1240.